The van der Waals surface area contributed by atoms with Crippen molar-refractivity contribution in [1.29, 1.82) is 0 Å². The topological polar surface area (TPSA) is 73.4 Å². The van der Waals surface area contributed by atoms with Crippen LogP contribution in [0.15, 0.2) is 32.9 Å². The van der Waals surface area contributed by atoms with Gasteiger partial charge in [0.1, 0.15) is 5.84 Å². The van der Waals surface area contributed by atoms with Gasteiger partial charge in [0.25, 0.3) is 5.95 Å². The summed E-state index contributed by atoms with van der Waals surface area (Å²) in [4.78, 5) is 11.5. The molecule has 2 aliphatic heterocycles. The number of aromatic nitrogens is 2. The second-order valence-electron chi connectivity index (χ2n) is 9.80. The van der Waals surface area contributed by atoms with Gasteiger partial charge in [0.2, 0.25) is 5.89 Å². The van der Waals surface area contributed by atoms with Gasteiger partial charge < -0.3 is 14.3 Å². The predicted octanol–water partition coefficient (Wildman–Crippen LogP) is 3.75. The molecule has 6 rings (SSSR count). The molecule has 9 heteroatoms. The Morgan fingerprint density at radius 1 is 1.25 bits per heavy atom. The lowest BCUT2D eigenvalue weighted by atomic mass is 9.57. The average Bonchev–Trinajstić information content (AvgIpc) is 3.49. The number of rotatable bonds is 4. The number of nitrogens with zero attached hydrogens (tertiary/aromatic N) is 7. The van der Waals surface area contributed by atoms with Crippen LogP contribution in [0, 0.1) is 18.3 Å². The molecule has 0 radical (unpaired) electrons. The fourth-order valence-corrected chi connectivity index (χ4v) is 5.95. The maximum Gasteiger partial charge on any atom is 0.266 e. The Morgan fingerprint density at radius 3 is 2.75 bits per heavy atom. The van der Waals surface area contributed by atoms with Crippen LogP contribution in [0.2, 0.25) is 5.02 Å². The van der Waals surface area contributed by atoms with Gasteiger partial charge in [-0.3, -0.25) is 4.90 Å². The molecule has 168 valence electrons. The van der Waals surface area contributed by atoms with Crippen molar-refractivity contribution >= 4 is 35.8 Å². The van der Waals surface area contributed by atoms with Gasteiger partial charge >= 0.3 is 0 Å². The first-order valence-corrected chi connectivity index (χ1v) is 11.8. The first-order valence-electron chi connectivity index (χ1n) is 11.4. The lowest BCUT2D eigenvalue weighted by Gasteiger charge is -2.59. The summed E-state index contributed by atoms with van der Waals surface area (Å²) in [7, 11) is 0. The van der Waals surface area contributed by atoms with E-state index in [-0.39, 0.29) is 0 Å². The number of hydrogen-bond donors (Lipinski definition) is 0. The number of hydrogen-bond acceptors (Lipinski definition) is 7. The number of aryl methyl sites for hydroxylation is 1. The molecule has 1 aromatic heterocycles. The quantitative estimate of drug-likeness (QED) is 0.399. The van der Waals surface area contributed by atoms with Crippen molar-refractivity contribution < 1.29 is 4.52 Å². The number of benzene rings is 1. The fourth-order valence-electron chi connectivity index (χ4n) is 5.76. The minimum Gasteiger partial charge on any atom is -0.338 e. The van der Waals surface area contributed by atoms with Crippen LogP contribution in [-0.2, 0) is 6.54 Å². The molecule has 0 amide bonds. The lowest BCUT2D eigenvalue weighted by Crippen LogP contribution is -2.64. The highest BCUT2D eigenvalue weighted by Crippen LogP contribution is 2.53. The molecule has 0 bridgehead atoms. The molecule has 4 aliphatic rings. The van der Waals surface area contributed by atoms with Gasteiger partial charge in [-0.15, -0.1) is 5.10 Å². The van der Waals surface area contributed by atoms with E-state index in [9.17, 15) is 0 Å². The Kier molecular flexibility index (Phi) is 4.76. The van der Waals surface area contributed by atoms with E-state index in [4.69, 9.17) is 16.1 Å². The lowest BCUT2D eigenvalue weighted by molar-refractivity contribution is 0.0549. The third kappa shape index (κ3) is 3.49. The molecule has 0 atom stereocenters. The van der Waals surface area contributed by atoms with Gasteiger partial charge in [0.15, 0.2) is 0 Å². The van der Waals surface area contributed by atoms with Crippen LogP contribution < -0.4 is 9.80 Å². The Labute approximate surface area is 192 Å². The van der Waals surface area contributed by atoms with Gasteiger partial charge in [-0.05, 0) is 54.6 Å². The number of halogens is 1. The Balaban J connectivity index is 1.20. The first kappa shape index (κ1) is 20.2. The summed E-state index contributed by atoms with van der Waals surface area (Å²) in [5, 5.41) is 13.4. The van der Waals surface area contributed by atoms with Gasteiger partial charge in [-0.1, -0.05) is 11.6 Å². The minimum atomic E-state index is 0.315. The van der Waals surface area contributed by atoms with Crippen LogP contribution in [0.4, 0.5) is 11.6 Å². The summed E-state index contributed by atoms with van der Waals surface area (Å²) in [6.07, 6.45) is 4.79. The van der Waals surface area contributed by atoms with E-state index >= 15 is 0 Å². The normalized spacial score (nSPS) is 23.5. The zero-order valence-corrected chi connectivity index (χ0v) is 19.1. The Hall–Kier alpha value is -2.45. The number of anilines is 2. The van der Waals surface area contributed by atoms with E-state index in [0.29, 0.717) is 29.2 Å². The summed E-state index contributed by atoms with van der Waals surface area (Å²) >= 11 is 6.37. The molecule has 8 nitrogen and oxygen atoms in total. The molecule has 2 aliphatic carbocycles. The van der Waals surface area contributed by atoms with Crippen LogP contribution in [0.25, 0.3) is 0 Å². The van der Waals surface area contributed by atoms with E-state index in [1.807, 2.05) is 13.0 Å². The molecule has 1 saturated heterocycles. The smallest absolute Gasteiger partial charge is 0.266 e. The summed E-state index contributed by atoms with van der Waals surface area (Å²) < 4.78 is 5.13. The van der Waals surface area contributed by atoms with Crippen LogP contribution in [0.5, 0.6) is 0 Å². The summed E-state index contributed by atoms with van der Waals surface area (Å²) in [5.41, 5.74) is 2.80. The third-order valence-corrected chi connectivity index (χ3v) is 7.64. The summed E-state index contributed by atoms with van der Waals surface area (Å²) in [6.45, 7) is 10.3. The Morgan fingerprint density at radius 2 is 2.06 bits per heavy atom. The van der Waals surface area contributed by atoms with Crippen LogP contribution in [-0.4, -0.2) is 59.8 Å². The summed E-state index contributed by atoms with van der Waals surface area (Å²) in [6, 6.07) is 6.95. The molecule has 32 heavy (non-hydrogen) atoms. The Bertz CT molecular complexity index is 1060. The molecular weight excluding hydrogens is 426 g/mol. The van der Waals surface area contributed by atoms with Crippen molar-refractivity contribution in [2.45, 2.75) is 45.2 Å². The monoisotopic (exact) mass is 453 g/mol. The maximum atomic E-state index is 6.37. The van der Waals surface area contributed by atoms with Crippen molar-refractivity contribution in [1.82, 2.24) is 15.0 Å². The van der Waals surface area contributed by atoms with Crippen molar-refractivity contribution in [3.63, 3.8) is 0 Å². The standard InChI is InChI=1S/C23H28ClN7O/c1-15-26-22(28-32-15)30-13-23(14-30)10-17(11-23)21(27-25-2)31-8-7-29(19-4-5-19)12-16-9-18(24)3-6-20(16)31/h3,6,9,17,19H,2,4-5,7-8,10-14H2,1H3/b27-21-. The van der Waals surface area contributed by atoms with E-state index in [1.165, 1.54) is 24.1 Å². The molecule has 2 saturated carbocycles. The largest absolute Gasteiger partial charge is 0.338 e. The van der Waals surface area contributed by atoms with Crippen LogP contribution >= 0.6 is 11.6 Å². The van der Waals surface area contributed by atoms with Gasteiger partial charge in [0, 0.05) is 74.4 Å². The van der Waals surface area contributed by atoms with Crippen molar-refractivity contribution in [3.8, 4) is 0 Å². The molecule has 0 N–H and O–H groups in total. The van der Waals surface area contributed by atoms with E-state index < -0.39 is 0 Å². The SMILES string of the molecule is C=N/N=C(/C1CC2(C1)CN(c1noc(C)n1)C2)N1CCN(C2CC2)Cc2cc(Cl)ccc21. The second kappa shape index (κ2) is 7.56. The van der Waals surface area contributed by atoms with Gasteiger partial charge in [0.05, 0.1) is 0 Å². The van der Waals surface area contributed by atoms with E-state index in [1.54, 1.807) is 0 Å². The summed E-state index contributed by atoms with van der Waals surface area (Å²) in [5.74, 6) is 2.74. The van der Waals surface area contributed by atoms with Gasteiger partial charge in [-0.25, -0.2) is 0 Å². The zero-order valence-electron chi connectivity index (χ0n) is 18.4. The number of amidine groups is 1. The molecule has 0 unspecified atom stereocenters. The van der Waals surface area contributed by atoms with Crippen molar-refractivity contribution in [2.24, 2.45) is 21.5 Å². The highest BCUT2D eigenvalue weighted by atomic mass is 35.5. The second-order valence-corrected chi connectivity index (χ2v) is 10.2. The molecule has 2 aromatic rings. The first-order chi connectivity index (χ1) is 15.5. The zero-order chi connectivity index (χ0) is 21.9. The highest BCUT2D eigenvalue weighted by Gasteiger charge is 2.55. The van der Waals surface area contributed by atoms with Crippen LogP contribution in [0.1, 0.15) is 37.1 Å². The third-order valence-electron chi connectivity index (χ3n) is 7.41. The fraction of sp³-hybridized carbons (Fsp3) is 0.565. The predicted molar refractivity (Wildman–Crippen MR) is 126 cm³/mol. The molecule has 1 spiro atoms. The maximum absolute atomic E-state index is 6.37. The van der Waals surface area contributed by atoms with E-state index in [0.717, 1.165) is 56.4 Å². The molecule has 3 heterocycles. The molecule has 1 aromatic carbocycles. The van der Waals surface area contributed by atoms with Crippen molar-refractivity contribution in [3.05, 3.63) is 34.7 Å². The molecular formula is C23H28ClN7O. The minimum absolute atomic E-state index is 0.315. The molecule has 3 fully saturated rings. The average molecular weight is 454 g/mol. The van der Waals surface area contributed by atoms with Gasteiger partial charge in [-0.2, -0.15) is 10.1 Å². The van der Waals surface area contributed by atoms with Crippen molar-refractivity contribution in [2.75, 3.05) is 36.0 Å². The highest BCUT2D eigenvalue weighted by molar-refractivity contribution is 6.30. The number of fused-ring (bicyclic) bond motifs is 1. The van der Waals surface area contributed by atoms with E-state index in [2.05, 4.69) is 53.9 Å². The van der Waals surface area contributed by atoms with Crippen LogP contribution in [0.3, 0.4) is 0 Å².